The lowest BCUT2D eigenvalue weighted by atomic mass is 10.0. The molecule has 0 bridgehead atoms. The highest BCUT2D eigenvalue weighted by atomic mass is 19.4. The molecule has 2 aromatic rings. The van der Waals surface area contributed by atoms with Crippen LogP contribution in [0.1, 0.15) is 22.1 Å². The molecule has 0 aliphatic rings. The molecule has 0 aliphatic heterocycles. The molecule has 0 aliphatic carbocycles. The Morgan fingerprint density at radius 1 is 1.05 bits per heavy atom. The summed E-state index contributed by atoms with van der Waals surface area (Å²) in [7, 11) is 0. The van der Waals surface area contributed by atoms with Crippen molar-refractivity contribution in [3.8, 4) is 0 Å². The summed E-state index contributed by atoms with van der Waals surface area (Å²) in [4.78, 5) is 15.4. The van der Waals surface area contributed by atoms with E-state index in [-0.39, 0.29) is 5.69 Å². The van der Waals surface area contributed by atoms with Crippen LogP contribution in [-0.2, 0) is 0 Å². The van der Waals surface area contributed by atoms with E-state index in [4.69, 9.17) is 0 Å². The normalized spacial score (nSPS) is 12.8. The summed E-state index contributed by atoms with van der Waals surface area (Å²) in [6.07, 6.45) is -3.87. The van der Waals surface area contributed by atoms with Crippen LogP contribution in [-0.4, -0.2) is 17.1 Å². The molecule has 0 saturated heterocycles. The zero-order chi connectivity index (χ0) is 16.3. The molecule has 0 radical (unpaired) electrons. The van der Waals surface area contributed by atoms with E-state index >= 15 is 0 Å². The minimum Gasteiger partial charge on any atom is -0.335 e. The number of aromatic nitrogens is 1. The monoisotopic (exact) mass is 316 g/mol. The number of benzene rings is 1. The highest BCUT2D eigenvalue weighted by Crippen LogP contribution is 2.35. The zero-order valence-corrected chi connectivity index (χ0v) is 10.9. The Balaban J connectivity index is 2.39. The Morgan fingerprint density at radius 2 is 1.68 bits per heavy atom. The van der Waals surface area contributed by atoms with Crippen LogP contribution in [0.4, 0.5) is 22.0 Å². The molecule has 3 nitrogen and oxygen atoms in total. The van der Waals surface area contributed by atoms with Crippen LogP contribution >= 0.6 is 0 Å². The predicted octanol–water partition coefficient (Wildman–Crippen LogP) is 3.39. The number of nitrogens with zero attached hydrogens (tertiary/aromatic N) is 1. The van der Waals surface area contributed by atoms with E-state index in [1.165, 1.54) is 24.4 Å². The van der Waals surface area contributed by atoms with Crippen LogP contribution in [0.5, 0.6) is 0 Å². The number of carbonyl (C=O) groups excluding carboxylic acids is 1. The fourth-order valence-corrected chi connectivity index (χ4v) is 1.81. The van der Waals surface area contributed by atoms with Gasteiger partial charge >= 0.3 is 6.18 Å². The van der Waals surface area contributed by atoms with Crippen molar-refractivity contribution in [2.75, 3.05) is 0 Å². The van der Waals surface area contributed by atoms with Crippen LogP contribution in [0.25, 0.3) is 0 Å². The van der Waals surface area contributed by atoms with Crippen molar-refractivity contribution in [1.82, 2.24) is 10.3 Å². The summed E-state index contributed by atoms with van der Waals surface area (Å²) in [5.41, 5.74) is -1.56. The van der Waals surface area contributed by atoms with Gasteiger partial charge in [-0.25, -0.2) is 8.78 Å². The summed E-state index contributed by atoms with van der Waals surface area (Å²) in [6, 6.07) is 3.53. The van der Waals surface area contributed by atoms with Crippen molar-refractivity contribution in [2.24, 2.45) is 0 Å². The van der Waals surface area contributed by atoms with Crippen molar-refractivity contribution in [3.05, 3.63) is 65.5 Å². The van der Waals surface area contributed by atoms with Crippen molar-refractivity contribution in [1.29, 1.82) is 0 Å². The minimum absolute atomic E-state index is 0.298. The summed E-state index contributed by atoms with van der Waals surface area (Å²) >= 11 is 0. The molecule has 0 spiro atoms. The topological polar surface area (TPSA) is 42.0 Å². The molecular weight excluding hydrogens is 307 g/mol. The van der Waals surface area contributed by atoms with Gasteiger partial charge in [0.05, 0.1) is 5.56 Å². The SMILES string of the molecule is O=C(NC(c1c(F)cccc1F)C(F)(F)F)c1ccccn1. The van der Waals surface area contributed by atoms with Gasteiger partial charge in [0.2, 0.25) is 0 Å². The molecular formula is C14H9F5N2O. The van der Waals surface area contributed by atoms with E-state index in [1.54, 1.807) is 5.32 Å². The van der Waals surface area contributed by atoms with Gasteiger partial charge in [-0.05, 0) is 24.3 Å². The second-order valence-electron chi connectivity index (χ2n) is 4.30. The Kier molecular flexibility index (Phi) is 4.39. The number of hydrogen-bond donors (Lipinski definition) is 1. The molecule has 1 heterocycles. The summed E-state index contributed by atoms with van der Waals surface area (Å²) in [5.74, 6) is -3.99. The number of hydrogen-bond acceptors (Lipinski definition) is 2. The molecule has 1 aromatic heterocycles. The van der Waals surface area contributed by atoms with Gasteiger partial charge in [-0.1, -0.05) is 12.1 Å². The Hall–Kier alpha value is -2.51. The molecule has 0 fully saturated rings. The molecule has 1 atom stereocenters. The lowest BCUT2D eigenvalue weighted by Gasteiger charge is -2.22. The van der Waals surface area contributed by atoms with Gasteiger partial charge in [0.25, 0.3) is 5.91 Å². The maximum absolute atomic E-state index is 13.6. The maximum atomic E-state index is 13.6. The molecule has 1 N–H and O–H groups in total. The third-order valence-corrected chi connectivity index (χ3v) is 2.79. The molecule has 116 valence electrons. The van der Waals surface area contributed by atoms with Crippen LogP contribution in [0.2, 0.25) is 0 Å². The first-order valence-corrected chi connectivity index (χ1v) is 6.03. The van der Waals surface area contributed by atoms with Gasteiger partial charge in [0.1, 0.15) is 17.3 Å². The van der Waals surface area contributed by atoms with Gasteiger partial charge in [0, 0.05) is 6.20 Å². The first-order chi connectivity index (χ1) is 10.3. The number of alkyl halides is 3. The number of nitrogens with one attached hydrogen (secondary N) is 1. The molecule has 22 heavy (non-hydrogen) atoms. The Labute approximate surface area is 121 Å². The third-order valence-electron chi connectivity index (χ3n) is 2.79. The second-order valence-corrected chi connectivity index (χ2v) is 4.30. The largest absolute Gasteiger partial charge is 0.413 e. The Morgan fingerprint density at radius 3 is 2.18 bits per heavy atom. The van der Waals surface area contributed by atoms with E-state index < -0.39 is 35.3 Å². The van der Waals surface area contributed by atoms with Gasteiger partial charge in [-0.15, -0.1) is 0 Å². The fourth-order valence-electron chi connectivity index (χ4n) is 1.81. The number of rotatable bonds is 3. The first kappa shape index (κ1) is 15.9. The van der Waals surface area contributed by atoms with Gasteiger partial charge in [0.15, 0.2) is 6.04 Å². The van der Waals surface area contributed by atoms with E-state index in [2.05, 4.69) is 4.98 Å². The average Bonchev–Trinajstić information content (AvgIpc) is 2.45. The standard InChI is InChI=1S/C14H9F5N2O/c15-8-4-3-5-9(16)11(8)12(14(17,18)19)21-13(22)10-6-1-2-7-20-10/h1-7,12H,(H,21,22). The lowest BCUT2D eigenvalue weighted by Crippen LogP contribution is -2.39. The van der Waals surface area contributed by atoms with Crippen molar-refractivity contribution in [3.63, 3.8) is 0 Å². The van der Waals surface area contributed by atoms with Crippen molar-refractivity contribution in [2.45, 2.75) is 12.2 Å². The number of carbonyl (C=O) groups is 1. The molecule has 2 rings (SSSR count). The maximum Gasteiger partial charge on any atom is 0.413 e. The van der Waals surface area contributed by atoms with Crippen LogP contribution in [0, 0.1) is 11.6 Å². The quantitative estimate of drug-likeness (QED) is 0.882. The highest BCUT2D eigenvalue weighted by molar-refractivity contribution is 5.92. The van der Waals surface area contributed by atoms with Crippen molar-refractivity contribution < 1.29 is 26.7 Å². The van der Waals surface area contributed by atoms with Crippen LogP contribution < -0.4 is 5.32 Å². The smallest absolute Gasteiger partial charge is 0.335 e. The second kappa shape index (κ2) is 6.08. The lowest BCUT2D eigenvalue weighted by molar-refractivity contribution is -0.156. The fraction of sp³-hybridized carbons (Fsp3) is 0.143. The molecule has 1 unspecified atom stereocenters. The zero-order valence-electron chi connectivity index (χ0n) is 10.9. The molecule has 8 heteroatoms. The van der Waals surface area contributed by atoms with E-state index in [0.717, 1.165) is 6.07 Å². The Bertz CT molecular complexity index is 652. The predicted molar refractivity (Wildman–Crippen MR) is 66.9 cm³/mol. The third kappa shape index (κ3) is 3.38. The summed E-state index contributed by atoms with van der Waals surface area (Å²) in [6.45, 7) is 0. The van der Waals surface area contributed by atoms with Crippen molar-refractivity contribution >= 4 is 5.91 Å². The molecule has 0 saturated carbocycles. The molecule has 1 aromatic carbocycles. The number of amides is 1. The number of pyridine rings is 1. The van der Waals surface area contributed by atoms with Crippen LogP contribution in [0.3, 0.4) is 0 Å². The summed E-state index contributed by atoms with van der Waals surface area (Å²) < 4.78 is 66.4. The van der Waals surface area contributed by atoms with Gasteiger partial charge in [-0.2, -0.15) is 13.2 Å². The summed E-state index contributed by atoms with van der Waals surface area (Å²) in [5, 5.41) is 1.56. The minimum atomic E-state index is -5.08. The van der Waals surface area contributed by atoms with Crippen LogP contribution in [0.15, 0.2) is 42.6 Å². The van der Waals surface area contributed by atoms with E-state index in [1.807, 2.05) is 0 Å². The average molecular weight is 316 g/mol. The number of halogens is 5. The molecule has 1 amide bonds. The van der Waals surface area contributed by atoms with E-state index in [9.17, 15) is 26.7 Å². The van der Waals surface area contributed by atoms with Gasteiger partial charge in [-0.3, -0.25) is 9.78 Å². The van der Waals surface area contributed by atoms with E-state index in [0.29, 0.717) is 12.1 Å². The highest BCUT2D eigenvalue weighted by Gasteiger charge is 2.45. The van der Waals surface area contributed by atoms with Gasteiger partial charge < -0.3 is 5.32 Å². The first-order valence-electron chi connectivity index (χ1n) is 6.03.